The number of amidine groups is 1. The van der Waals surface area contributed by atoms with Crippen molar-refractivity contribution in [3.8, 4) is 0 Å². The van der Waals surface area contributed by atoms with E-state index in [2.05, 4.69) is 10.3 Å². The Balaban J connectivity index is 1.51. The van der Waals surface area contributed by atoms with Crippen LogP contribution in [0.25, 0.3) is 0 Å². The van der Waals surface area contributed by atoms with Crippen LogP contribution in [0.15, 0.2) is 65.8 Å². The number of thioether (sulfide) groups is 1. The first kappa shape index (κ1) is 27.3. The SMILES string of the molecule is CC(=O)NC1=NC(O)N([C@@H]2S[C@H](COC(=O)c3ccc(C)cc3)[C@@H](OC(=O)c3ccc(C)cc3)[C@@H]2F)C=C1. The Morgan fingerprint density at radius 1 is 1.03 bits per heavy atom. The maximum absolute atomic E-state index is 15.9. The molecular formula is C27H28FN3O6S. The first-order chi connectivity index (χ1) is 18.1. The zero-order valence-electron chi connectivity index (χ0n) is 21.0. The zero-order valence-corrected chi connectivity index (χ0v) is 21.9. The number of esters is 2. The number of aryl methyl sites for hydroxylation is 2. The van der Waals surface area contributed by atoms with Crippen LogP contribution < -0.4 is 5.32 Å². The van der Waals surface area contributed by atoms with Crippen molar-refractivity contribution in [3.05, 3.63) is 83.1 Å². The number of aliphatic hydroxyl groups excluding tert-OH is 1. The summed E-state index contributed by atoms with van der Waals surface area (Å²) >= 11 is 1.06. The second-order valence-corrected chi connectivity index (χ2v) is 10.4. The van der Waals surface area contributed by atoms with E-state index in [-0.39, 0.29) is 23.9 Å². The number of rotatable bonds is 6. The molecule has 1 fully saturated rings. The number of ether oxygens (including phenoxy) is 2. The number of carbonyl (C=O) groups is 3. The number of aliphatic hydroxyl groups is 1. The van der Waals surface area contributed by atoms with Crippen molar-refractivity contribution in [2.24, 2.45) is 4.99 Å². The van der Waals surface area contributed by atoms with Gasteiger partial charge in [-0.15, -0.1) is 11.8 Å². The summed E-state index contributed by atoms with van der Waals surface area (Å²) in [6.07, 6.45) is -1.67. The molecule has 2 N–H and O–H groups in total. The van der Waals surface area contributed by atoms with E-state index >= 15 is 4.39 Å². The van der Waals surface area contributed by atoms with Crippen LogP contribution in [0.4, 0.5) is 4.39 Å². The average molecular weight is 542 g/mol. The second-order valence-electron chi connectivity index (χ2n) is 9.01. The number of alkyl halides is 1. The summed E-state index contributed by atoms with van der Waals surface area (Å²) < 4.78 is 26.9. The fraction of sp³-hybridized carbons (Fsp3) is 0.333. The molecule has 0 aromatic heterocycles. The smallest absolute Gasteiger partial charge is 0.338 e. The van der Waals surface area contributed by atoms with Gasteiger partial charge in [-0.25, -0.2) is 19.0 Å². The lowest BCUT2D eigenvalue weighted by molar-refractivity contribution is -0.117. The lowest BCUT2D eigenvalue weighted by Gasteiger charge is -2.33. The minimum absolute atomic E-state index is 0.130. The predicted octanol–water partition coefficient (Wildman–Crippen LogP) is 3.11. The van der Waals surface area contributed by atoms with Crippen molar-refractivity contribution in [2.75, 3.05) is 6.61 Å². The molecule has 2 aromatic carbocycles. The van der Waals surface area contributed by atoms with Crippen LogP contribution in [0.1, 0.15) is 38.8 Å². The van der Waals surface area contributed by atoms with Gasteiger partial charge in [0.05, 0.1) is 16.4 Å². The third-order valence-corrected chi connectivity index (χ3v) is 7.52. The van der Waals surface area contributed by atoms with E-state index in [0.29, 0.717) is 5.56 Å². The van der Waals surface area contributed by atoms with Crippen molar-refractivity contribution in [1.82, 2.24) is 10.2 Å². The lowest BCUT2D eigenvalue weighted by atomic mass is 10.1. The van der Waals surface area contributed by atoms with Crippen LogP contribution in [0.3, 0.4) is 0 Å². The molecule has 2 aliphatic heterocycles. The van der Waals surface area contributed by atoms with Crippen molar-refractivity contribution in [3.63, 3.8) is 0 Å². The number of benzene rings is 2. The first-order valence-corrected chi connectivity index (χ1v) is 12.9. The molecule has 0 spiro atoms. The monoisotopic (exact) mass is 541 g/mol. The van der Waals surface area contributed by atoms with Gasteiger partial charge >= 0.3 is 11.9 Å². The molecule has 0 radical (unpaired) electrons. The quantitative estimate of drug-likeness (QED) is 0.536. The number of aliphatic imine (C=N–C) groups is 1. The molecule has 1 unspecified atom stereocenters. The van der Waals surface area contributed by atoms with Gasteiger partial charge in [0.1, 0.15) is 17.8 Å². The Labute approximate surface area is 223 Å². The highest BCUT2D eigenvalue weighted by Crippen LogP contribution is 2.42. The van der Waals surface area contributed by atoms with E-state index < -0.39 is 41.2 Å². The van der Waals surface area contributed by atoms with Gasteiger partial charge in [0.15, 0.2) is 12.3 Å². The number of nitrogens with one attached hydrogen (secondary N) is 1. The maximum Gasteiger partial charge on any atom is 0.338 e. The fourth-order valence-electron chi connectivity index (χ4n) is 3.96. The van der Waals surface area contributed by atoms with Gasteiger partial charge in [0.2, 0.25) is 12.3 Å². The molecule has 0 aliphatic carbocycles. The molecule has 0 saturated carbocycles. The lowest BCUT2D eigenvalue weighted by Crippen LogP contribution is -2.46. The average Bonchev–Trinajstić information content (AvgIpc) is 3.17. The fourth-order valence-corrected chi connectivity index (χ4v) is 5.45. The Morgan fingerprint density at radius 2 is 1.61 bits per heavy atom. The molecule has 1 amide bonds. The largest absolute Gasteiger partial charge is 0.461 e. The molecule has 200 valence electrons. The molecule has 4 rings (SSSR count). The van der Waals surface area contributed by atoms with Crippen LogP contribution >= 0.6 is 11.8 Å². The van der Waals surface area contributed by atoms with E-state index in [1.807, 2.05) is 13.8 Å². The number of hydrogen-bond acceptors (Lipinski definition) is 9. The summed E-state index contributed by atoms with van der Waals surface area (Å²) in [7, 11) is 0. The van der Waals surface area contributed by atoms with Crippen LogP contribution in [0, 0.1) is 13.8 Å². The first-order valence-electron chi connectivity index (χ1n) is 11.9. The Kier molecular flexibility index (Phi) is 8.48. The van der Waals surface area contributed by atoms with Crippen LogP contribution in [-0.2, 0) is 14.3 Å². The third kappa shape index (κ3) is 6.40. The molecule has 2 heterocycles. The topological polar surface area (TPSA) is 118 Å². The van der Waals surface area contributed by atoms with Crippen molar-refractivity contribution >= 4 is 35.4 Å². The van der Waals surface area contributed by atoms with Gasteiger partial charge in [-0.3, -0.25) is 4.79 Å². The Bertz CT molecular complexity index is 1250. The molecule has 1 saturated heterocycles. The van der Waals surface area contributed by atoms with Crippen LogP contribution in [0.2, 0.25) is 0 Å². The summed E-state index contributed by atoms with van der Waals surface area (Å²) in [4.78, 5) is 42.0. The number of hydrogen-bond donors (Lipinski definition) is 2. The molecule has 2 aliphatic rings. The van der Waals surface area contributed by atoms with Gasteiger partial charge in [-0.2, -0.15) is 0 Å². The number of carbonyl (C=O) groups excluding carboxylic acids is 3. The van der Waals surface area contributed by atoms with Crippen LogP contribution in [0.5, 0.6) is 0 Å². The molecule has 38 heavy (non-hydrogen) atoms. The highest BCUT2D eigenvalue weighted by Gasteiger charge is 2.51. The van der Waals surface area contributed by atoms with Crippen LogP contribution in [-0.4, -0.2) is 69.5 Å². The highest BCUT2D eigenvalue weighted by atomic mass is 32.2. The minimum Gasteiger partial charge on any atom is -0.461 e. The van der Waals surface area contributed by atoms with E-state index in [9.17, 15) is 19.5 Å². The molecule has 9 nitrogen and oxygen atoms in total. The van der Waals surface area contributed by atoms with Gasteiger partial charge < -0.3 is 24.8 Å². The summed E-state index contributed by atoms with van der Waals surface area (Å²) in [6, 6.07) is 13.5. The minimum atomic E-state index is -1.76. The molecule has 5 atom stereocenters. The summed E-state index contributed by atoms with van der Waals surface area (Å²) in [5, 5.41) is 11.2. The second kappa shape index (κ2) is 11.8. The van der Waals surface area contributed by atoms with Crippen molar-refractivity contribution < 1.29 is 33.4 Å². The summed E-state index contributed by atoms with van der Waals surface area (Å²) in [6.45, 7) is 4.84. The number of amides is 1. The highest BCUT2D eigenvalue weighted by molar-refractivity contribution is 8.00. The maximum atomic E-state index is 15.9. The van der Waals surface area contributed by atoms with Gasteiger partial charge in [-0.1, -0.05) is 35.4 Å². The predicted molar refractivity (Wildman–Crippen MR) is 140 cm³/mol. The van der Waals surface area contributed by atoms with E-state index in [4.69, 9.17) is 9.47 Å². The van der Waals surface area contributed by atoms with Crippen molar-refractivity contribution in [1.29, 1.82) is 0 Å². The molecule has 2 aromatic rings. The van der Waals surface area contributed by atoms with E-state index in [1.54, 1.807) is 48.5 Å². The van der Waals surface area contributed by atoms with Gasteiger partial charge in [0.25, 0.3) is 0 Å². The molecule has 11 heteroatoms. The molecular weight excluding hydrogens is 513 g/mol. The van der Waals surface area contributed by atoms with Gasteiger partial charge in [0, 0.05) is 13.1 Å². The van der Waals surface area contributed by atoms with E-state index in [0.717, 1.165) is 22.9 Å². The summed E-state index contributed by atoms with van der Waals surface area (Å²) in [5.41, 5.74) is 2.53. The number of nitrogens with zero attached hydrogens (tertiary/aromatic N) is 2. The van der Waals surface area contributed by atoms with Gasteiger partial charge in [-0.05, 0) is 44.2 Å². The number of halogens is 1. The Morgan fingerprint density at radius 3 is 2.16 bits per heavy atom. The summed E-state index contributed by atoms with van der Waals surface area (Å²) in [5.74, 6) is -1.54. The molecule has 0 bridgehead atoms. The van der Waals surface area contributed by atoms with E-state index in [1.165, 1.54) is 24.1 Å². The van der Waals surface area contributed by atoms with Crippen molar-refractivity contribution in [2.45, 2.75) is 50.0 Å². The zero-order chi connectivity index (χ0) is 27.4. The normalized spacial score (nSPS) is 24.5. The Hall–Kier alpha value is -3.70. The standard InChI is InChI=1S/C27H28FN3O6S/c1-15-4-8-18(9-5-15)25(33)36-14-20-23(37-26(34)19-10-6-16(2)7-11-19)22(28)24(38-20)31-13-12-21(29-17(3)32)30-27(31)35/h4-13,20,22-24,27,35H,14H2,1-3H3,(H,29,30,32)/t20-,22+,23-,24-,27?/m1/s1. The third-order valence-electron chi connectivity index (χ3n) is 5.99.